The molecule has 7 nitrogen and oxygen atoms in total. The fourth-order valence-corrected chi connectivity index (χ4v) is 1.14. The number of hydrogen-bond acceptors (Lipinski definition) is 5. The van der Waals surface area contributed by atoms with E-state index in [0.717, 1.165) is 0 Å². The van der Waals surface area contributed by atoms with Crippen molar-refractivity contribution in [3.8, 4) is 0 Å². The highest BCUT2D eigenvalue weighted by atomic mass is 16.5. The fourth-order valence-electron chi connectivity index (χ4n) is 1.14. The summed E-state index contributed by atoms with van der Waals surface area (Å²) in [7, 11) is 2.51. The maximum absolute atomic E-state index is 11.3. The lowest BCUT2D eigenvalue weighted by atomic mass is 9.98. The molecule has 0 aromatic carbocycles. The third kappa shape index (κ3) is 3.97. The Labute approximate surface area is 87.0 Å². The SMILES string of the molecule is COC(=O)C(C(C)=O)C(CN=[N+]=[N-])OC. The molecule has 84 valence electrons. The molecule has 0 aliphatic heterocycles. The van der Waals surface area contributed by atoms with Gasteiger partial charge in [0, 0.05) is 12.0 Å². The molecule has 0 spiro atoms. The molecular weight excluding hydrogens is 202 g/mol. The largest absolute Gasteiger partial charge is 0.468 e. The third-order valence-corrected chi connectivity index (χ3v) is 1.89. The average molecular weight is 215 g/mol. The van der Waals surface area contributed by atoms with Crippen molar-refractivity contribution in [1.82, 2.24) is 0 Å². The Morgan fingerprint density at radius 2 is 2.07 bits per heavy atom. The van der Waals surface area contributed by atoms with Gasteiger partial charge in [0.05, 0.1) is 19.8 Å². The summed E-state index contributed by atoms with van der Waals surface area (Å²) in [6.45, 7) is 1.16. The summed E-state index contributed by atoms with van der Waals surface area (Å²) in [6.07, 6.45) is -0.786. The minimum atomic E-state index is -1.05. The van der Waals surface area contributed by atoms with Gasteiger partial charge in [-0.2, -0.15) is 0 Å². The Balaban J connectivity index is 4.76. The van der Waals surface area contributed by atoms with Gasteiger partial charge in [0.25, 0.3) is 0 Å². The number of nitrogens with zero attached hydrogens (tertiary/aromatic N) is 3. The molecule has 2 atom stereocenters. The van der Waals surface area contributed by atoms with Crippen molar-refractivity contribution in [3.63, 3.8) is 0 Å². The molecule has 0 saturated carbocycles. The number of carbonyl (C=O) groups excluding carboxylic acids is 2. The van der Waals surface area contributed by atoms with Gasteiger partial charge in [-0.1, -0.05) is 5.11 Å². The standard InChI is InChI=1S/C8H13N3O4/c1-5(12)7(8(13)15-3)6(14-2)4-10-11-9/h6-7H,4H2,1-3H3. The highest BCUT2D eigenvalue weighted by Crippen LogP contribution is 2.11. The zero-order valence-electron chi connectivity index (χ0n) is 8.84. The monoisotopic (exact) mass is 215 g/mol. The summed E-state index contributed by atoms with van der Waals surface area (Å²) >= 11 is 0. The molecule has 0 radical (unpaired) electrons. The van der Waals surface area contributed by atoms with Crippen LogP contribution in [-0.4, -0.2) is 38.6 Å². The quantitative estimate of drug-likeness (QED) is 0.214. The molecular formula is C8H13N3O4. The number of Topliss-reactive ketones (excluding diaryl/α,β-unsaturated/α-hetero) is 1. The van der Waals surface area contributed by atoms with E-state index in [1.165, 1.54) is 21.1 Å². The van der Waals surface area contributed by atoms with Crippen LogP contribution in [0.2, 0.25) is 0 Å². The molecule has 2 unspecified atom stereocenters. The van der Waals surface area contributed by atoms with Gasteiger partial charge in [-0.25, -0.2) is 0 Å². The summed E-state index contributed by atoms with van der Waals surface area (Å²) in [5, 5.41) is 3.26. The van der Waals surface area contributed by atoms with Crippen molar-refractivity contribution in [1.29, 1.82) is 0 Å². The first kappa shape index (κ1) is 13.4. The molecule has 0 fully saturated rings. The second-order valence-corrected chi connectivity index (χ2v) is 2.80. The van der Waals surface area contributed by atoms with Gasteiger partial charge in [-0.15, -0.1) is 0 Å². The summed E-state index contributed by atoms with van der Waals surface area (Å²) < 4.78 is 9.37. The molecule has 0 N–H and O–H groups in total. The number of rotatable bonds is 6. The molecule has 15 heavy (non-hydrogen) atoms. The first-order valence-corrected chi connectivity index (χ1v) is 4.20. The predicted octanol–water partition coefficient (Wildman–Crippen LogP) is 0.690. The summed E-state index contributed by atoms with van der Waals surface area (Å²) in [4.78, 5) is 25.0. The molecule has 0 bridgehead atoms. The second kappa shape index (κ2) is 6.80. The molecule has 0 rings (SSSR count). The van der Waals surface area contributed by atoms with E-state index in [1.54, 1.807) is 0 Å². The van der Waals surface area contributed by atoms with Gasteiger partial charge >= 0.3 is 5.97 Å². The van der Waals surface area contributed by atoms with Gasteiger partial charge in [0.15, 0.2) is 0 Å². The normalized spacial score (nSPS) is 13.5. The minimum absolute atomic E-state index is 0.0909. The highest BCUT2D eigenvalue weighted by molar-refractivity contribution is 5.98. The van der Waals surface area contributed by atoms with E-state index < -0.39 is 18.0 Å². The van der Waals surface area contributed by atoms with E-state index in [0.29, 0.717) is 0 Å². The summed E-state index contributed by atoms with van der Waals surface area (Å²) in [6, 6.07) is 0. The van der Waals surface area contributed by atoms with Crippen LogP contribution >= 0.6 is 0 Å². The highest BCUT2D eigenvalue weighted by Gasteiger charge is 2.32. The second-order valence-electron chi connectivity index (χ2n) is 2.80. The molecule has 0 heterocycles. The van der Waals surface area contributed by atoms with Crippen LogP contribution in [0.5, 0.6) is 0 Å². The molecule has 0 saturated heterocycles. The summed E-state index contributed by atoms with van der Waals surface area (Å²) in [5.41, 5.74) is 8.13. The fraction of sp³-hybridized carbons (Fsp3) is 0.750. The van der Waals surface area contributed by atoms with Crippen molar-refractivity contribution in [2.24, 2.45) is 11.0 Å². The zero-order chi connectivity index (χ0) is 11.8. The lowest BCUT2D eigenvalue weighted by molar-refractivity contribution is -0.154. The van der Waals surface area contributed by atoms with Gasteiger partial charge in [-0.05, 0) is 12.5 Å². The van der Waals surface area contributed by atoms with E-state index in [1.807, 2.05) is 0 Å². The Bertz CT molecular complexity index is 286. The van der Waals surface area contributed by atoms with Crippen molar-refractivity contribution < 1.29 is 19.1 Å². The van der Waals surface area contributed by atoms with Crippen LogP contribution in [0.25, 0.3) is 10.4 Å². The molecule has 0 amide bonds. The summed E-state index contributed by atoms with van der Waals surface area (Å²) in [5.74, 6) is -2.13. The van der Waals surface area contributed by atoms with Crippen LogP contribution < -0.4 is 0 Å². The van der Waals surface area contributed by atoms with Crippen molar-refractivity contribution in [3.05, 3.63) is 10.4 Å². The van der Waals surface area contributed by atoms with Crippen LogP contribution in [0.1, 0.15) is 6.92 Å². The van der Waals surface area contributed by atoms with Crippen LogP contribution in [-0.2, 0) is 19.1 Å². The van der Waals surface area contributed by atoms with Crippen LogP contribution in [0.15, 0.2) is 5.11 Å². The number of ketones is 1. The average Bonchev–Trinajstić information content (AvgIpc) is 2.22. The van der Waals surface area contributed by atoms with Crippen LogP contribution in [0.3, 0.4) is 0 Å². The topological polar surface area (TPSA) is 101 Å². The van der Waals surface area contributed by atoms with Crippen molar-refractivity contribution in [2.45, 2.75) is 13.0 Å². The van der Waals surface area contributed by atoms with Gasteiger partial charge < -0.3 is 9.47 Å². The van der Waals surface area contributed by atoms with E-state index in [-0.39, 0.29) is 12.3 Å². The van der Waals surface area contributed by atoms with Gasteiger partial charge in [0.1, 0.15) is 11.7 Å². The number of azide groups is 1. The Hall–Kier alpha value is -1.59. The van der Waals surface area contributed by atoms with E-state index >= 15 is 0 Å². The van der Waals surface area contributed by atoms with E-state index in [9.17, 15) is 9.59 Å². The molecule has 7 heteroatoms. The first-order chi connectivity index (χ1) is 7.08. The van der Waals surface area contributed by atoms with Crippen molar-refractivity contribution >= 4 is 11.8 Å². The number of ether oxygens (including phenoxy) is 2. The Kier molecular flexibility index (Phi) is 6.08. The zero-order valence-corrected chi connectivity index (χ0v) is 8.84. The number of esters is 1. The molecule has 0 aliphatic carbocycles. The third-order valence-electron chi connectivity index (χ3n) is 1.89. The number of carbonyl (C=O) groups is 2. The van der Waals surface area contributed by atoms with E-state index in [4.69, 9.17) is 10.3 Å². The molecule has 0 aromatic heterocycles. The molecule has 0 aliphatic rings. The predicted molar refractivity (Wildman–Crippen MR) is 51.0 cm³/mol. The Morgan fingerprint density at radius 3 is 2.40 bits per heavy atom. The van der Waals surface area contributed by atoms with Crippen LogP contribution in [0, 0.1) is 5.92 Å². The number of methoxy groups -OCH3 is 2. The number of hydrogen-bond donors (Lipinski definition) is 0. The van der Waals surface area contributed by atoms with Gasteiger partial charge in [0.2, 0.25) is 0 Å². The first-order valence-electron chi connectivity index (χ1n) is 4.20. The van der Waals surface area contributed by atoms with Gasteiger partial charge in [-0.3, -0.25) is 9.59 Å². The minimum Gasteiger partial charge on any atom is -0.468 e. The lowest BCUT2D eigenvalue weighted by Gasteiger charge is -2.19. The van der Waals surface area contributed by atoms with E-state index in [2.05, 4.69) is 14.8 Å². The molecule has 0 aromatic rings. The lowest BCUT2D eigenvalue weighted by Crippen LogP contribution is -2.37. The smallest absolute Gasteiger partial charge is 0.318 e. The maximum atomic E-state index is 11.3. The van der Waals surface area contributed by atoms with Crippen LogP contribution in [0.4, 0.5) is 0 Å². The van der Waals surface area contributed by atoms with Crippen molar-refractivity contribution in [2.75, 3.05) is 20.8 Å². The Morgan fingerprint density at radius 1 is 1.47 bits per heavy atom. The maximum Gasteiger partial charge on any atom is 0.318 e.